The summed E-state index contributed by atoms with van der Waals surface area (Å²) in [6.45, 7) is 1.95. The zero-order valence-electron chi connectivity index (χ0n) is 15.5. The third kappa shape index (κ3) is 3.20. The molecule has 0 spiro atoms. The molecule has 146 valence electrons. The Kier molecular flexibility index (Phi) is 4.93. The molecule has 0 radical (unpaired) electrons. The van der Waals surface area contributed by atoms with E-state index in [-0.39, 0.29) is 11.8 Å². The highest BCUT2D eigenvalue weighted by molar-refractivity contribution is 7.10. The van der Waals surface area contributed by atoms with E-state index in [4.69, 9.17) is 0 Å². The molecule has 2 aromatic rings. The van der Waals surface area contributed by atoms with Crippen LogP contribution in [0, 0.1) is 30.6 Å². The molecule has 2 saturated carbocycles. The molecule has 4 rings (SSSR count). The summed E-state index contributed by atoms with van der Waals surface area (Å²) >= 11 is 1.48. The lowest BCUT2D eigenvalue weighted by Gasteiger charge is -2.27. The zero-order valence-corrected chi connectivity index (χ0v) is 16.3. The maximum Gasteiger partial charge on any atom is 0.307 e. The van der Waals surface area contributed by atoms with Gasteiger partial charge in [0.1, 0.15) is 0 Å². The predicted molar refractivity (Wildman–Crippen MR) is 106 cm³/mol. The van der Waals surface area contributed by atoms with Crippen molar-refractivity contribution >= 4 is 29.1 Å². The van der Waals surface area contributed by atoms with Crippen molar-refractivity contribution in [3.63, 3.8) is 0 Å². The van der Waals surface area contributed by atoms with Gasteiger partial charge in [0.05, 0.1) is 17.4 Å². The van der Waals surface area contributed by atoms with Gasteiger partial charge >= 0.3 is 5.97 Å². The van der Waals surface area contributed by atoms with Gasteiger partial charge in [0, 0.05) is 15.8 Å². The van der Waals surface area contributed by atoms with Gasteiger partial charge in [-0.05, 0) is 43.6 Å². The fourth-order valence-corrected chi connectivity index (χ4v) is 5.74. The second-order valence-corrected chi connectivity index (χ2v) is 8.70. The van der Waals surface area contributed by atoms with E-state index in [0.717, 1.165) is 35.3 Å². The first-order chi connectivity index (χ1) is 13.5. The third-order valence-electron chi connectivity index (χ3n) is 6.09. The minimum Gasteiger partial charge on any atom is -0.481 e. The lowest BCUT2D eigenvalue weighted by atomic mass is 9.79. The Labute approximate surface area is 166 Å². The van der Waals surface area contributed by atoms with E-state index >= 15 is 0 Å². The van der Waals surface area contributed by atoms with Crippen LogP contribution in [-0.4, -0.2) is 22.9 Å². The summed E-state index contributed by atoms with van der Waals surface area (Å²) in [7, 11) is 0. The molecule has 4 atom stereocenters. The molecular formula is C21H22N2O4S. The Morgan fingerprint density at radius 2 is 1.71 bits per heavy atom. The average Bonchev–Trinajstić information content (AvgIpc) is 3.40. The van der Waals surface area contributed by atoms with Crippen LogP contribution in [-0.2, 0) is 9.59 Å². The number of fused-ring (bicyclic) bond motifs is 2. The van der Waals surface area contributed by atoms with Crippen molar-refractivity contribution in [3.8, 4) is 11.1 Å². The molecule has 28 heavy (non-hydrogen) atoms. The number of carbonyl (C=O) groups is 3. The van der Waals surface area contributed by atoms with Crippen molar-refractivity contribution < 1.29 is 19.5 Å². The SMILES string of the molecule is Cc1scc(C(=O)NNC(=O)[C@@H]2[C@@H]3CC[C@@H](C3)[C@@H]2C(=O)O)c1-c1ccccc1. The van der Waals surface area contributed by atoms with Crippen LogP contribution in [0.25, 0.3) is 11.1 Å². The van der Waals surface area contributed by atoms with E-state index < -0.39 is 29.6 Å². The Morgan fingerprint density at radius 1 is 1.04 bits per heavy atom. The van der Waals surface area contributed by atoms with E-state index in [1.54, 1.807) is 5.38 Å². The highest BCUT2D eigenvalue weighted by atomic mass is 32.1. The van der Waals surface area contributed by atoms with Gasteiger partial charge in [-0.15, -0.1) is 11.3 Å². The standard InChI is InChI=1S/C21H22N2O4S/c1-11-16(12-5-3-2-4-6-12)15(10-28-11)19(24)22-23-20(25)17-13-7-8-14(9-13)18(17)21(26)27/h2-6,10,13-14,17-18H,7-9H2,1H3,(H,22,24)(H,23,25)(H,26,27)/t13-,14+,17-,18+/m1/s1. The molecular weight excluding hydrogens is 376 g/mol. The van der Waals surface area contributed by atoms with Crippen molar-refractivity contribution in [3.05, 3.63) is 46.2 Å². The molecule has 2 fully saturated rings. The molecule has 1 heterocycles. The highest BCUT2D eigenvalue weighted by Crippen LogP contribution is 2.52. The van der Waals surface area contributed by atoms with Gasteiger partial charge in [-0.3, -0.25) is 25.2 Å². The number of nitrogens with one attached hydrogen (secondary N) is 2. The first-order valence-electron chi connectivity index (χ1n) is 9.44. The Balaban J connectivity index is 1.47. The molecule has 2 amide bonds. The number of carboxylic acids is 1. The van der Waals surface area contributed by atoms with E-state index in [1.165, 1.54) is 11.3 Å². The number of amides is 2. The summed E-state index contributed by atoms with van der Waals surface area (Å²) in [5.41, 5.74) is 7.26. The van der Waals surface area contributed by atoms with Gasteiger partial charge < -0.3 is 5.11 Å². The van der Waals surface area contributed by atoms with Gasteiger partial charge in [0.15, 0.2) is 0 Å². The number of hydrogen-bond acceptors (Lipinski definition) is 4. The number of hydrogen-bond donors (Lipinski definition) is 3. The zero-order chi connectivity index (χ0) is 19.8. The number of rotatable bonds is 4. The van der Waals surface area contributed by atoms with Gasteiger partial charge in [-0.1, -0.05) is 30.3 Å². The Bertz CT molecular complexity index is 924. The first-order valence-corrected chi connectivity index (χ1v) is 10.3. The first kappa shape index (κ1) is 18.7. The van der Waals surface area contributed by atoms with Crippen LogP contribution in [0.2, 0.25) is 0 Å². The Morgan fingerprint density at radius 3 is 2.39 bits per heavy atom. The van der Waals surface area contributed by atoms with E-state index in [9.17, 15) is 19.5 Å². The van der Waals surface area contributed by atoms with Gasteiger partial charge in [0.2, 0.25) is 5.91 Å². The topological polar surface area (TPSA) is 95.5 Å². The molecule has 0 unspecified atom stereocenters. The number of aryl methyl sites for hydroxylation is 1. The summed E-state index contributed by atoms with van der Waals surface area (Å²) in [6, 6.07) is 9.63. The second kappa shape index (κ2) is 7.39. The summed E-state index contributed by atoms with van der Waals surface area (Å²) in [5, 5.41) is 11.3. The molecule has 2 aliphatic carbocycles. The lowest BCUT2D eigenvalue weighted by molar-refractivity contribution is -0.149. The summed E-state index contributed by atoms with van der Waals surface area (Å²) in [6.07, 6.45) is 2.53. The van der Waals surface area contributed by atoms with E-state index in [1.807, 2.05) is 37.3 Å². The molecule has 1 aromatic heterocycles. The van der Waals surface area contributed by atoms with Gasteiger partial charge in [-0.25, -0.2) is 0 Å². The predicted octanol–water partition coefficient (Wildman–Crippen LogP) is 3.23. The average molecular weight is 398 g/mol. The number of carbonyl (C=O) groups excluding carboxylic acids is 2. The van der Waals surface area contributed by atoms with Crippen LogP contribution in [0.15, 0.2) is 35.7 Å². The van der Waals surface area contributed by atoms with E-state index in [2.05, 4.69) is 10.9 Å². The summed E-state index contributed by atoms with van der Waals surface area (Å²) < 4.78 is 0. The fourth-order valence-electron chi connectivity index (χ4n) is 4.88. The minimum atomic E-state index is -0.918. The summed E-state index contributed by atoms with van der Waals surface area (Å²) in [5.74, 6) is -2.79. The van der Waals surface area contributed by atoms with Crippen LogP contribution in [0.3, 0.4) is 0 Å². The number of hydrazine groups is 1. The minimum absolute atomic E-state index is 0.0677. The maximum absolute atomic E-state index is 12.7. The van der Waals surface area contributed by atoms with Crippen molar-refractivity contribution in [2.45, 2.75) is 26.2 Å². The fraction of sp³-hybridized carbons (Fsp3) is 0.381. The van der Waals surface area contributed by atoms with Crippen LogP contribution in [0.4, 0.5) is 0 Å². The van der Waals surface area contributed by atoms with Gasteiger partial charge in [0.25, 0.3) is 5.91 Å². The molecule has 3 N–H and O–H groups in total. The van der Waals surface area contributed by atoms with Crippen LogP contribution in [0.1, 0.15) is 34.5 Å². The maximum atomic E-state index is 12.7. The number of carboxylic acid groups (broad SMARTS) is 1. The van der Waals surface area contributed by atoms with Crippen molar-refractivity contribution in [1.29, 1.82) is 0 Å². The molecule has 7 heteroatoms. The van der Waals surface area contributed by atoms with Crippen molar-refractivity contribution in [2.24, 2.45) is 23.7 Å². The molecule has 6 nitrogen and oxygen atoms in total. The van der Waals surface area contributed by atoms with Gasteiger partial charge in [-0.2, -0.15) is 0 Å². The molecule has 2 aliphatic rings. The van der Waals surface area contributed by atoms with Crippen molar-refractivity contribution in [1.82, 2.24) is 10.9 Å². The van der Waals surface area contributed by atoms with Crippen LogP contribution in [0.5, 0.6) is 0 Å². The van der Waals surface area contributed by atoms with Crippen LogP contribution < -0.4 is 10.9 Å². The molecule has 1 aromatic carbocycles. The summed E-state index contributed by atoms with van der Waals surface area (Å²) in [4.78, 5) is 38.0. The number of aliphatic carboxylic acids is 1. The monoisotopic (exact) mass is 398 g/mol. The Hall–Kier alpha value is -2.67. The lowest BCUT2D eigenvalue weighted by Crippen LogP contribution is -2.48. The third-order valence-corrected chi connectivity index (χ3v) is 7.00. The smallest absolute Gasteiger partial charge is 0.307 e. The molecule has 2 bridgehead atoms. The number of benzene rings is 1. The second-order valence-electron chi connectivity index (χ2n) is 7.61. The normalized spacial score (nSPS) is 25.5. The van der Waals surface area contributed by atoms with Crippen LogP contribution >= 0.6 is 11.3 Å². The molecule has 0 saturated heterocycles. The number of thiophene rings is 1. The molecule has 0 aliphatic heterocycles. The highest BCUT2D eigenvalue weighted by Gasteiger charge is 2.54. The van der Waals surface area contributed by atoms with E-state index in [0.29, 0.717) is 5.56 Å². The van der Waals surface area contributed by atoms with Crippen molar-refractivity contribution in [2.75, 3.05) is 0 Å². The quantitative estimate of drug-likeness (QED) is 0.689. The largest absolute Gasteiger partial charge is 0.481 e.